The van der Waals surface area contributed by atoms with Crippen LogP contribution in [0.3, 0.4) is 0 Å². The molecule has 0 radical (unpaired) electrons. The molecule has 0 aliphatic carbocycles. The predicted molar refractivity (Wildman–Crippen MR) is 52.7 cm³/mol. The van der Waals surface area contributed by atoms with Crippen LogP contribution in [-0.2, 0) is 6.54 Å². The first-order valence-electron chi connectivity index (χ1n) is 4.16. The van der Waals surface area contributed by atoms with Crippen LogP contribution in [0.15, 0.2) is 12.1 Å². The second-order valence-corrected chi connectivity index (χ2v) is 2.87. The standard InChI is InChI=1S/C9H7N3O4/c10-3-5-1-2-6(4-11)8(12(15)16)7(5)9(13)14/h1-2H,4,11H2,(H,13,14). The maximum absolute atomic E-state index is 10.9. The number of nitro groups is 1. The van der Waals surface area contributed by atoms with Gasteiger partial charge in [-0.15, -0.1) is 0 Å². The van der Waals surface area contributed by atoms with E-state index in [2.05, 4.69) is 0 Å². The van der Waals surface area contributed by atoms with Crippen molar-refractivity contribution in [2.75, 3.05) is 0 Å². The molecule has 1 rings (SSSR count). The van der Waals surface area contributed by atoms with E-state index in [1.54, 1.807) is 6.07 Å². The van der Waals surface area contributed by atoms with E-state index in [9.17, 15) is 14.9 Å². The first-order chi connectivity index (χ1) is 7.52. The van der Waals surface area contributed by atoms with Gasteiger partial charge in [0, 0.05) is 12.1 Å². The Morgan fingerprint density at radius 2 is 2.25 bits per heavy atom. The van der Waals surface area contributed by atoms with E-state index >= 15 is 0 Å². The maximum Gasteiger partial charge on any atom is 0.344 e. The third kappa shape index (κ3) is 1.82. The summed E-state index contributed by atoms with van der Waals surface area (Å²) in [6.45, 7) is -0.164. The molecular weight excluding hydrogens is 214 g/mol. The van der Waals surface area contributed by atoms with Gasteiger partial charge in [-0.3, -0.25) is 10.1 Å². The van der Waals surface area contributed by atoms with Gasteiger partial charge in [0.05, 0.1) is 10.5 Å². The van der Waals surface area contributed by atoms with Crippen molar-refractivity contribution in [2.24, 2.45) is 5.73 Å². The van der Waals surface area contributed by atoms with Gasteiger partial charge in [-0.05, 0) is 12.1 Å². The van der Waals surface area contributed by atoms with Crippen LogP contribution in [-0.4, -0.2) is 16.0 Å². The zero-order chi connectivity index (χ0) is 12.3. The highest BCUT2D eigenvalue weighted by Crippen LogP contribution is 2.26. The van der Waals surface area contributed by atoms with E-state index in [1.807, 2.05) is 0 Å². The van der Waals surface area contributed by atoms with E-state index in [4.69, 9.17) is 16.1 Å². The lowest BCUT2D eigenvalue weighted by Gasteiger charge is -2.04. The molecule has 16 heavy (non-hydrogen) atoms. The van der Waals surface area contributed by atoms with Crippen LogP contribution in [0.25, 0.3) is 0 Å². The number of carboxylic acids is 1. The number of benzene rings is 1. The van der Waals surface area contributed by atoms with Gasteiger partial charge in [-0.1, -0.05) is 0 Å². The summed E-state index contributed by atoms with van der Waals surface area (Å²) >= 11 is 0. The molecule has 0 saturated heterocycles. The van der Waals surface area contributed by atoms with Crippen molar-refractivity contribution in [3.05, 3.63) is 38.9 Å². The summed E-state index contributed by atoms with van der Waals surface area (Å²) in [6, 6.07) is 4.09. The fourth-order valence-corrected chi connectivity index (χ4v) is 1.32. The van der Waals surface area contributed by atoms with Gasteiger partial charge in [-0.25, -0.2) is 4.79 Å². The Morgan fingerprint density at radius 1 is 1.62 bits per heavy atom. The van der Waals surface area contributed by atoms with E-state index in [0.717, 1.165) is 0 Å². The van der Waals surface area contributed by atoms with Crippen molar-refractivity contribution < 1.29 is 14.8 Å². The lowest BCUT2D eigenvalue weighted by molar-refractivity contribution is -0.385. The van der Waals surface area contributed by atoms with E-state index in [-0.39, 0.29) is 17.7 Å². The zero-order valence-corrected chi connectivity index (χ0v) is 8.01. The number of carbonyl (C=O) groups is 1. The monoisotopic (exact) mass is 221 g/mol. The largest absolute Gasteiger partial charge is 0.477 e. The third-order valence-electron chi connectivity index (χ3n) is 2.00. The minimum Gasteiger partial charge on any atom is -0.477 e. The van der Waals surface area contributed by atoms with Gasteiger partial charge in [0.25, 0.3) is 5.69 Å². The number of aromatic carboxylic acids is 1. The average Bonchev–Trinajstić information content (AvgIpc) is 2.26. The lowest BCUT2D eigenvalue weighted by atomic mass is 10.0. The summed E-state index contributed by atoms with van der Waals surface area (Å²) in [5, 5.41) is 28.3. The van der Waals surface area contributed by atoms with Gasteiger partial charge in [0.1, 0.15) is 6.07 Å². The molecule has 0 aliphatic heterocycles. The Hall–Kier alpha value is -2.46. The van der Waals surface area contributed by atoms with Crippen LogP contribution in [0, 0.1) is 21.4 Å². The highest BCUT2D eigenvalue weighted by Gasteiger charge is 2.27. The maximum atomic E-state index is 10.9. The fourth-order valence-electron chi connectivity index (χ4n) is 1.32. The van der Waals surface area contributed by atoms with Crippen molar-refractivity contribution in [1.82, 2.24) is 0 Å². The van der Waals surface area contributed by atoms with E-state index < -0.39 is 22.1 Å². The van der Waals surface area contributed by atoms with Gasteiger partial charge >= 0.3 is 5.97 Å². The first-order valence-corrected chi connectivity index (χ1v) is 4.16. The molecule has 7 nitrogen and oxygen atoms in total. The van der Waals surface area contributed by atoms with Crippen molar-refractivity contribution >= 4 is 11.7 Å². The van der Waals surface area contributed by atoms with Crippen molar-refractivity contribution in [3.63, 3.8) is 0 Å². The summed E-state index contributed by atoms with van der Waals surface area (Å²) in [6.07, 6.45) is 0. The Kier molecular flexibility index (Phi) is 3.17. The number of nitro benzene ring substituents is 1. The van der Waals surface area contributed by atoms with Crippen LogP contribution in [0.1, 0.15) is 21.5 Å². The van der Waals surface area contributed by atoms with Crippen LogP contribution in [0.2, 0.25) is 0 Å². The highest BCUT2D eigenvalue weighted by molar-refractivity contribution is 5.96. The summed E-state index contributed by atoms with van der Waals surface area (Å²) < 4.78 is 0. The van der Waals surface area contributed by atoms with Gasteiger partial charge < -0.3 is 10.8 Å². The molecule has 0 spiro atoms. The summed E-state index contributed by atoms with van der Waals surface area (Å²) in [7, 11) is 0. The smallest absolute Gasteiger partial charge is 0.344 e. The number of nitrogens with zero attached hydrogens (tertiary/aromatic N) is 2. The molecule has 3 N–H and O–H groups in total. The molecule has 0 atom stereocenters. The molecular formula is C9H7N3O4. The number of hydrogen-bond donors (Lipinski definition) is 2. The number of rotatable bonds is 3. The molecule has 1 aromatic carbocycles. The molecule has 0 heterocycles. The minimum atomic E-state index is -1.52. The Balaban J connectivity index is 3.68. The molecule has 0 saturated carbocycles. The highest BCUT2D eigenvalue weighted by atomic mass is 16.6. The predicted octanol–water partition coefficient (Wildman–Crippen LogP) is 0.623. The first kappa shape index (κ1) is 11.6. The fraction of sp³-hybridized carbons (Fsp3) is 0.111. The molecule has 0 aliphatic rings. The topological polar surface area (TPSA) is 130 Å². The van der Waals surface area contributed by atoms with Crippen LogP contribution < -0.4 is 5.73 Å². The molecule has 1 aromatic rings. The number of carboxylic acid groups (broad SMARTS) is 1. The van der Waals surface area contributed by atoms with E-state index in [1.165, 1.54) is 12.1 Å². The van der Waals surface area contributed by atoms with Crippen LogP contribution in [0.5, 0.6) is 0 Å². The second kappa shape index (κ2) is 4.37. The number of nitriles is 1. The minimum absolute atomic E-state index is 0.0846. The Morgan fingerprint density at radius 3 is 2.62 bits per heavy atom. The lowest BCUT2D eigenvalue weighted by Crippen LogP contribution is -2.10. The van der Waals surface area contributed by atoms with Gasteiger partial charge in [0.2, 0.25) is 0 Å². The summed E-state index contributed by atoms with van der Waals surface area (Å²) in [5.41, 5.74) is 3.87. The summed E-state index contributed by atoms with van der Waals surface area (Å²) in [4.78, 5) is 20.8. The zero-order valence-electron chi connectivity index (χ0n) is 8.01. The van der Waals surface area contributed by atoms with Crippen molar-refractivity contribution in [2.45, 2.75) is 6.54 Å². The molecule has 7 heteroatoms. The van der Waals surface area contributed by atoms with E-state index in [0.29, 0.717) is 0 Å². The Bertz CT molecular complexity index is 504. The number of hydrogen-bond acceptors (Lipinski definition) is 5. The molecule has 0 fully saturated rings. The molecule has 0 unspecified atom stereocenters. The quantitative estimate of drug-likeness (QED) is 0.568. The molecule has 0 bridgehead atoms. The van der Waals surface area contributed by atoms with Crippen molar-refractivity contribution in [1.29, 1.82) is 5.26 Å². The molecule has 0 amide bonds. The molecule has 82 valence electrons. The molecule has 0 aromatic heterocycles. The number of nitrogens with two attached hydrogens (primary N) is 1. The second-order valence-electron chi connectivity index (χ2n) is 2.87. The van der Waals surface area contributed by atoms with Crippen molar-refractivity contribution in [3.8, 4) is 6.07 Å². The normalized spacial score (nSPS) is 9.50. The average molecular weight is 221 g/mol. The third-order valence-corrected chi connectivity index (χ3v) is 2.00. The van der Waals surface area contributed by atoms with Gasteiger partial charge in [-0.2, -0.15) is 5.26 Å². The SMILES string of the molecule is N#Cc1ccc(CN)c([N+](=O)[O-])c1C(=O)O. The van der Waals surface area contributed by atoms with Crippen LogP contribution >= 0.6 is 0 Å². The van der Waals surface area contributed by atoms with Crippen LogP contribution in [0.4, 0.5) is 5.69 Å². The Labute approximate surface area is 89.9 Å². The summed E-state index contributed by atoms with van der Waals surface area (Å²) in [5.74, 6) is -1.52. The van der Waals surface area contributed by atoms with Gasteiger partial charge in [0.15, 0.2) is 5.56 Å².